The van der Waals surface area contributed by atoms with E-state index in [1.165, 1.54) is 13.3 Å². The Balaban J connectivity index is 1.95. The summed E-state index contributed by atoms with van der Waals surface area (Å²) in [5, 5.41) is 4.27. The van der Waals surface area contributed by atoms with E-state index in [4.69, 9.17) is 58.0 Å². The third-order valence-corrected chi connectivity index (χ3v) is 6.86. The molecule has 0 radical (unpaired) electrons. The van der Waals surface area contributed by atoms with Crippen LogP contribution >= 0.6 is 69.8 Å². The molecule has 1 amide bonds. The van der Waals surface area contributed by atoms with Gasteiger partial charge in [-0.3, -0.25) is 4.79 Å². The summed E-state index contributed by atoms with van der Waals surface area (Å²) in [6.07, 6.45) is 1.43. The summed E-state index contributed by atoms with van der Waals surface area (Å²) in [6, 6.07) is 6.49. The van der Waals surface area contributed by atoms with Gasteiger partial charge < -0.3 is 4.74 Å². The van der Waals surface area contributed by atoms with Gasteiger partial charge in [0, 0.05) is 4.90 Å². The number of nitrogens with one attached hydrogen (secondary N) is 1. The molecule has 0 aliphatic carbocycles. The van der Waals surface area contributed by atoms with Crippen molar-refractivity contribution in [2.24, 2.45) is 5.10 Å². The third kappa shape index (κ3) is 5.69. The van der Waals surface area contributed by atoms with E-state index in [1.54, 1.807) is 24.3 Å². The molecule has 2 aromatic rings. The maximum atomic E-state index is 12.0. The molecular weight excluding hydrogens is 490 g/mol. The fraction of sp³-hybridized carbons (Fsp3) is 0.118. The number of carbonyl (C=O) groups is 2. The van der Waals surface area contributed by atoms with Crippen LogP contribution in [-0.2, 0) is 9.53 Å². The lowest BCUT2D eigenvalue weighted by atomic mass is 10.1. The van der Waals surface area contributed by atoms with Crippen LogP contribution in [0.25, 0.3) is 0 Å². The molecule has 0 aliphatic rings. The van der Waals surface area contributed by atoms with E-state index < -0.39 is 11.9 Å². The normalized spacial score (nSPS) is 10.9. The maximum absolute atomic E-state index is 12.0. The van der Waals surface area contributed by atoms with Crippen LogP contribution in [0, 0.1) is 0 Å². The van der Waals surface area contributed by atoms with Gasteiger partial charge in [0.15, 0.2) is 0 Å². The molecule has 0 spiro atoms. The lowest BCUT2D eigenvalue weighted by Gasteiger charge is -2.11. The van der Waals surface area contributed by atoms with Gasteiger partial charge in [-0.1, -0.05) is 70.1 Å². The fourth-order valence-corrected chi connectivity index (χ4v) is 4.26. The molecular formula is C17H11Cl5N2O3S. The van der Waals surface area contributed by atoms with Crippen LogP contribution in [0.5, 0.6) is 0 Å². The van der Waals surface area contributed by atoms with E-state index >= 15 is 0 Å². The average molecular weight is 501 g/mol. The van der Waals surface area contributed by atoms with Crippen molar-refractivity contribution in [1.29, 1.82) is 0 Å². The zero-order valence-electron chi connectivity index (χ0n) is 14.1. The molecule has 2 aromatic carbocycles. The molecule has 0 bridgehead atoms. The lowest BCUT2D eigenvalue weighted by Crippen LogP contribution is -2.19. The topological polar surface area (TPSA) is 67.8 Å². The molecule has 0 atom stereocenters. The Morgan fingerprint density at radius 2 is 1.54 bits per heavy atom. The number of methoxy groups -OCH3 is 1. The monoisotopic (exact) mass is 498 g/mol. The van der Waals surface area contributed by atoms with Crippen LogP contribution in [0.4, 0.5) is 0 Å². The van der Waals surface area contributed by atoms with Gasteiger partial charge in [0.05, 0.1) is 49.8 Å². The minimum absolute atomic E-state index is 0.0354. The molecule has 148 valence electrons. The predicted octanol–water partition coefficient (Wildman–Crippen LogP) is 5.98. The highest BCUT2D eigenvalue weighted by Crippen LogP contribution is 2.47. The highest BCUT2D eigenvalue weighted by molar-refractivity contribution is 8.00. The smallest absolute Gasteiger partial charge is 0.337 e. The van der Waals surface area contributed by atoms with Crippen molar-refractivity contribution in [3.63, 3.8) is 0 Å². The Labute approximate surface area is 190 Å². The molecule has 0 aliphatic heterocycles. The van der Waals surface area contributed by atoms with Gasteiger partial charge >= 0.3 is 5.97 Å². The summed E-state index contributed by atoms with van der Waals surface area (Å²) in [6.45, 7) is 0. The predicted molar refractivity (Wildman–Crippen MR) is 116 cm³/mol. The van der Waals surface area contributed by atoms with Gasteiger partial charge in [0.2, 0.25) is 5.91 Å². The zero-order chi connectivity index (χ0) is 20.8. The van der Waals surface area contributed by atoms with Gasteiger partial charge in [-0.05, 0) is 17.7 Å². The summed E-state index contributed by atoms with van der Waals surface area (Å²) < 4.78 is 4.62. The Morgan fingerprint density at radius 1 is 1.00 bits per heavy atom. The van der Waals surface area contributed by atoms with Crippen molar-refractivity contribution < 1.29 is 14.3 Å². The van der Waals surface area contributed by atoms with Crippen LogP contribution in [0.1, 0.15) is 15.9 Å². The van der Waals surface area contributed by atoms with Crippen LogP contribution in [-0.4, -0.2) is 31.0 Å². The maximum Gasteiger partial charge on any atom is 0.337 e. The first kappa shape index (κ1) is 23.1. The molecule has 2 rings (SSSR count). The number of hydrazone groups is 1. The van der Waals surface area contributed by atoms with Crippen molar-refractivity contribution >= 4 is 87.9 Å². The minimum Gasteiger partial charge on any atom is -0.465 e. The Bertz CT molecular complexity index is 906. The molecule has 0 unspecified atom stereocenters. The zero-order valence-corrected chi connectivity index (χ0v) is 18.7. The van der Waals surface area contributed by atoms with Crippen LogP contribution in [0.3, 0.4) is 0 Å². The van der Waals surface area contributed by atoms with Crippen LogP contribution < -0.4 is 5.43 Å². The number of esters is 1. The number of hydrogen-bond donors (Lipinski definition) is 1. The molecule has 0 heterocycles. The number of halogens is 5. The van der Waals surface area contributed by atoms with E-state index in [-0.39, 0.29) is 30.9 Å². The van der Waals surface area contributed by atoms with Gasteiger partial charge in [-0.2, -0.15) is 5.10 Å². The number of hydrogen-bond acceptors (Lipinski definition) is 5. The number of rotatable bonds is 6. The van der Waals surface area contributed by atoms with Crippen molar-refractivity contribution in [2.75, 3.05) is 12.9 Å². The van der Waals surface area contributed by atoms with Gasteiger partial charge in [0.25, 0.3) is 0 Å². The van der Waals surface area contributed by atoms with E-state index in [0.29, 0.717) is 16.0 Å². The van der Waals surface area contributed by atoms with Gasteiger partial charge in [0.1, 0.15) is 0 Å². The fourth-order valence-electron chi connectivity index (χ4n) is 1.88. The Kier molecular flexibility index (Phi) is 8.74. The van der Waals surface area contributed by atoms with E-state index in [1.807, 2.05) is 0 Å². The second kappa shape index (κ2) is 10.6. The van der Waals surface area contributed by atoms with Crippen molar-refractivity contribution in [3.05, 3.63) is 60.5 Å². The second-order valence-corrected chi connectivity index (χ2v) is 7.97. The van der Waals surface area contributed by atoms with E-state index in [9.17, 15) is 9.59 Å². The molecule has 0 saturated heterocycles. The molecule has 1 N–H and O–H groups in total. The lowest BCUT2D eigenvalue weighted by molar-refractivity contribution is -0.118. The van der Waals surface area contributed by atoms with Gasteiger partial charge in [-0.25, -0.2) is 10.2 Å². The molecule has 0 saturated carbocycles. The first-order chi connectivity index (χ1) is 13.3. The minimum atomic E-state index is -0.437. The molecule has 28 heavy (non-hydrogen) atoms. The summed E-state index contributed by atoms with van der Waals surface area (Å²) in [7, 11) is 1.30. The van der Waals surface area contributed by atoms with Crippen molar-refractivity contribution in [1.82, 2.24) is 5.43 Å². The standard InChI is InChI=1S/C17H11Cl5N2O3S/c1-27-17(26)9-4-2-8(3-5-9)6-23-24-10(25)7-28-16-14(21)12(19)11(18)13(20)15(16)22/h2-6H,7H2,1H3,(H,24,25)/b23-6-. The van der Waals surface area contributed by atoms with E-state index in [2.05, 4.69) is 15.3 Å². The number of benzene rings is 2. The Morgan fingerprint density at radius 3 is 2.07 bits per heavy atom. The first-order valence-electron chi connectivity index (χ1n) is 7.40. The van der Waals surface area contributed by atoms with E-state index in [0.717, 1.165) is 11.8 Å². The summed E-state index contributed by atoms with van der Waals surface area (Å²) in [5.41, 5.74) is 3.46. The number of carbonyl (C=O) groups excluding carboxylic acids is 2. The number of nitrogens with zero attached hydrogens (tertiary/aromatic N) is 1. The molecule has 0 fully saturated rings. The van der Waals surface area contributed by atoms with Crippen LogP contribution in [0.2, 0.25) is 25.1 Å². The van der Waals surface area contributed by atoms with Crippen molar-refractivity contribution in [3.8, 4) is 0 Å². The largest absolute Gasteiger partial charge is 0.465 e. The van der Waals surface area contributed by atoms with Crippen molar-refractivity contribution in [2.45, 2.75) is 4.90 Å². The van der Waals surface area contributed by atoms with Crippen LogP contribution in [0.15, 0.2) is 34.3 Å². The summed E-state index contributed by atoms with van der Waals surface area (Å²) in [5.74, 6) is -0.873. The average Bonchev–Trinajstić information content (AvgIpc) is 2.70. The number of ether oxygens (including phenoxy) is 1. The quantitative estimate of drug-likeness (QED) is 0.132. The molecule has 5 nitrogen and oxygen atoms in total. The first-order valence-corrected chi connectivity index (χ1v) is 10.3. The number of thioether (sulfide) groups is 1. The second-order valence-electron chi connectivity index (χ2n) is 5.09. The number of amides is 1. The molecule has 0 aromatic heterocycles. The SMILES string of the molecule is COC(=O)c1ccc(/C=N\NC(=O)CSc2c(Cl)c(Cl)c(Cl)c(Cl)c2Cl)cc1. The molecule has 11 heteroatoms. The third-order valence-electron chi connectivity index (χ3n) is 3.25. The highest BCUT2D eigenvalue weighted by Gasteiger charge is 2.20. The summed E-state index contributed by atoms with van der Waals surface area (Å²) in [4.78, 5) is 23.7. The highest BCUT2D eigenvalue weighted by atomic mass is 35.5. The summed E-state index contributed by atoms with van der Waals surface area (Å²) >= 11 is 31.2. The Hall–Kier alpha value is -1.15. The van der Waals surface area contributed by atoms with Gasteiger partial charge in [-0.15, -0.1) is 11.8 Å².